The van der Waals surface area contributed by atoms with Crippen molar-refractivity contribution >= 4 is 40.8 Å². The van der Waals surface area contributed by atoms with Gasteiger partial charge in [0.15, 0.2) is 0 Å². The summed E-state index contributed by atoms with van der Waals surface area (Å²) in [7, 11) is 0. The lowest BCUT2D eigenvalue weighted by Gasteiger charge is -2.36. The highest BCUT2D eigenvalue weighted by Crippen LogP contribution is 2.31. The van der Waals surface area contributed by atoms with Crippen LogP contribution >= 0.6 is 12.4 Å². The number of fused-ring (bicyclic) bond motifs is 1. The van der Waals surface area contributed by atoms with Crippen LogP contribution in [0.3, 0.4) is 0 Å². The lowest BCUT2D eigenvalue weighted by atomic mass is 10.1. The fourth-order valence-electron chi connectivity index (χ4n) is 4.15. The van der Waals surface area contributed by atoms with E-state index in [2.05, 4.69) is 27.2 Å². The Kier molecular flexibility index (Phi) is 7.31. The number of rotatable bonds is 5. The highest BCUT2D eigenvalue weighted by atomic mass is 35.5. The van der Waals surface area contributed by atoms with Gasteiger partial charge in [-0.2, -0.15) is 18.2 Å². The number of piperazine rings is 1. The van der Waals surface area contributed by atoms with Gasteiger partial charge in [-0.05, 0) is 42.0 Å². The third-order valence-electron chi connectivity index (χ3n) is 6.02. The second-order valence-corrected chi connectivity index (χ2v) is 8.25. The molecule has 1 aliphatic rings. The molecule has 1 aromatic heterocycles. The van der Waals surface area contributed by atoms with Crippen LogP contribution in [0.1, 0.15) is 11.1 Å². The first-order chi connectivity index (χ1) is 16.5. The van der Waals surface area contributed by atoms with E-state index in [4.69, 9.17) is 9.97 Å². The third-order valence-corrected chi connectivity index (χ3v) is 6.02. The van der Waals surface area contributed by atoms with Gasteiger partial charge < -0.3 is 15.1 Å². The minimum absolute atomic E-state index is 0. The Morgan fingerprint density at radius 3 is 2.06 bits per heavy atom. The molecule has 4 aromatic rings. The molecule has 0 atom stereocenters. The van der Waals surface area contributed by atoms with Gasteiger partial charge in [0.05, 0.1) is 11.1 Å². The molecule has 182 valence electrons. The summed E-state index contributed by atoms with van der Waals surface area (Å²) in [6.07, 6.45) is -4.32. The molecular formula is C26H25ClF3N5. The van der Waals surface area contributed by atoms with Crippen LogP contribution < -0.4 is 15.1 Å². The molecule has 1 saturated heterocycles. The first-order valence-electron chi connectivity index (χ1n) is 11.2. The van der Waals surface area contributed by atoms with E-state index in [9.17, 15) is 13.2 Å². The Labute approximate surface area is 208 Å². The maximum atomic E-state index is 12.9. The molecular weight excluding hydrogens is 475 g/mol. The maximum Gasteiger partial charge on any atom is 0.416 e. The predicted molar refractivity (Wildman–Crippen MR) is 136 cm³/mol. The zero-order chi connectivity index (χ0) is 23.5. The van der Waals surface area contributed by atoms with Crippen molar-refractivity contribution in [1.82, 2.24) is 9.97 Å². The van der Waals surface area contributed by atoms with Gasteiger partial charge in [0.1, 0.15) is 5.82 Å². The highest BCUT2D eigenvalue weighted by molar-refractivity contribution is 5.90. The van der Waals surface area contributed by atoms with Crippen LogP contribution in [0.2, 0.25) is 0 Å². The van der Waals surface area contributed by atoms with Gasteiger partial charge in [0.25, 0.3) is 0 Å². The number of benzene rings is 3. The van der Waals surface area contributed by atoms with Crippen molar-refractivity contribution in [3.63, 3.8) is 0 Å². The number of anilines is 3. The van der Waals surface area contributed by atoms with Crippen LogP contribution in [0.15, 0.2) is 78.9 Å². The topological polar surface area (TPSA) is 44.3 Å². The van der Waals surface area contributed by atoms with E-state index in [1.807, 2.05) is 42.5 Å². The van der Waals surface area contributed by atoms with Crippen molar-refractivity contribution in [1.29, 1.82) is 0 Å². The Bertz CT molecular complexity index is 1260. The molecule has 0 amide bonds. The van der Waals surface area contributed by atoms with E-state index in [1.54, 1.807) is 0 Å². The summed E-state index contributed by atoms with van der Waals surface area (Å²) in [5.74, 6) is 1.44. The molecule has 1 N–H and O–H groups in total. The fraction of sp³-hybridized carbons (Fsp3) is 0.231. The van der Waals surface area contributed by atoms with Crippen molar-refractivity contribution in [2.24, 2.45) is 0 Å². The normalized spacial score (nSPS) is 14.0. The Hall–Kier alpha value is -3.52. The Morgan fingerprint density at radius 2 is 1.37 bits per heavy atom. The SMILES string of the molecule is Cl.FC(F)(F)c1ccc(N2CCN(c3nc(NCc4ccccc4)c4ccccc4n3)CC2)cc1. The van der Waals surface area contributed by atoms with Crippen LogP contribution in [0.25, 0.3) is 10.9 Å². The van der Waals surface area contributed by atoms with E-state index in [0.29, 0.717) is 38.7 Å². The van der Waals surface area contributed by atoms with E-state index >= 15 is 0 Å². The summed E-state index contributed by atoms with van der Waals surface area (Å²) < 4.78 is 38.6. The quantitative estimate of drug-likeness (QED) is 0.364. The zero-order valence-electron chi connectivity index (χ0n) is 18.9. The molecule has 0 radical (unpaired) electrons. The molecule has 1 aliphatic heterocycles. The fourth-order valence-corrected chi connectivity index (χ4v) is 4.15. The van der Waals surface area contributed by atoms with Crippen molar-refractivity contribution in [2.75, 3.05) is 41.3 Å². The predicted octanol–water partition coefficient (Wildman–Crippen LogP) is 6.01. The van der Waals surface area contributed by atoms with Gasteiger partial charge in [-0.3, -0.25) is 0 Å². The summed E-state index contributed by atoms with van der Waals surface area (Å²) in [5.41, 5.74) is 2.19. The number of para-hydroxylation sites is 1. The summed E-state index contributed by atoms with van der Waals surface area (Å²) in [6.45, 7) is 3.36. The van der Waals surface area contributed by atoms with Crippen LogP contribution in [-0.2, 0) is 12.7 Å². The second-order valence-electron chi connectivity index (χ2n) is 8.25. The lowest BCUT2D eigenvalue weighted by molar-refractivity contribution is -0.137. The van der Waals surface area contributed by atoms with Crippen molar-refractivity contribution in [3.05, 3.63) is 90.0 Å². The molecule has 9 heteroatoms. The van der Waals surface area contributed by atoms with Crippen LogP contribution in [0.5, 0.6) is 0 Å². The van der Waals surface area contributed by atoms with E-state index in [1.165, 1.54) is 12.1 Å². The van der Waals surface area contributed by atoms with Gasteiger partial charge in [-0.1, -0.05) is 42.5 Å². The highest BCUT2D eigenvalue weighted by Gasteiger charge is 2.30. The molecule has 0 saturated carbocycles. The number of halogens is 4. The van der Waals surface area contributed by atoms with Crippen molar-refractivity contribution in [2.45, 2.75) is 12.7 Å². The molecule has 3 aromatic carbocycles. The Balaban J connectivity index is 0.00000289. The monoisotopic (exact) mass is 499 g/mol. The number of nitrogens with one attached hydrogen (secondary N) is 1. The van der Waals surface area contributed by atoms with Crippen LogP contribution in [-0.4, -0.2) is 36.1 Å². The van der Waals surface area contributed by atoms with E-state index in [0.717, 1.165) is 40.1 Å². The standard InChI is InChI=1S/C26H24F3N5.ClH/c27-26(28,29)20-10-12-21(13-11-20)33-14-16-34(17-15-33)25-31-23-9-5-4-8-22(23)24(32-25)30-18-19-6-2-1-3-7-19;/h1-13H,14-18H2,(H,30,31,32);1H. The van der Waals surface area contributed by atoms with E-state index < -0.39 is 11.7 Å². The average molecular weight is 500 g/mol. The number of hydrogen-bond donors (Lipinski definition) is 1. The molecule has 5 nitrogen and oxygen atoms in total. The summed E-state index contributed by atoms with van der Waals surface area (Å²) in [4.78, 5) is 13.8. The smallest absolute Gasteiger partial charge is 0.368 e. The first-order valence-corrected chi connectivity index (χ1v) is 11.2. The summed E-state index contributed by atoms with van der Waals surface area (Å²) in [5, 5.41) is 4.42. The minimum Gasteiger partial charge on any atom is -0.368 e. The number of alkyl halides is 3. The molecule has 0 spiro atoms. The molecule has 2 heterocycles. The van der Waals surface area contributed by atoms with Crippen molar-refractivity contribution < 1.29 is 13.2 Å². The summed E-state index contributed by atoms with van der Waals surface area (Å²) in [6, 6.07) is 23.4. The van der Waals surface area contributed by atoms with Gasteiger partial charge in [-0.15, -0.1) is 12.4 Å². The molecule has 0 unspecified atom stereocenters. The molecule has 0 bridgehead atoms. The van der Waals surface area contributed by atoms with Crippen LogP contribution in [0.4, 0.5) is 30.6 Å². The number of aromatic nitrogens is 2. The number of hydrogen-bond acceptors (Lipinski definition) is 5. The largest absolute Gasteiger partial charge is 0.416 e. The minimum atomic E-state index is -4.32. The molecule has 5 rings (SSSR count). The van der Waals surface area contributed by atoms with E-state index in [-0.39, 0.29) is 12.4 Å². The maximum absolute atomic E-state index is 12.9. The number of nitrogens with zero attached hydrogens (tertiary/aromatic N) is 4. The summed E-state index contributed by atoms with van der Waals surface area (Å²) >= 11 is 0. The molecule has 0 aliphatic carbocycles. The second kappa shape index (κ2) is 10.4. The first kappa shape index (κ1) is 24.6. The van der Waals surface area contributed by atoms with Gasteiger partial charge in [0, 0.05) is 43.8 Å². The van der Waals surface area contributed by atoms with Crippen LogP contribution in [0, 0.1) is 0 Å². The zero-order valence-corrected chi connectivity index (χ0v) is 19.7. The third kappa shape index (κ3) is 5.59. The average Bonchev–Trinajstić information content (AvgIpc) is 2.87. The van der Waals surface area contributed by atoms with Gasteiger partial charge in [0.2, 0.25) is 5.95 Å². The molecule has 35 heavy (non-hydrogen) atoms. The van der Waals surface area contributed by atoms with Gasteiger partial charge >= 0.3 is 6.18 Å². The Morgan fingerprint density at radius 1 is 0.743 bits per heavy atom. The lowest BCUT2D eigenvalue weighted by Crippen LogP contribution is -2.47. The molecule has 1 fully saturated rings. The van der Waals surface area contributed by atoms with Gasteiger partial charge in [-0.25, -0.2) is 4.98 Å². The van der Waals surface area contributed by atoms with Crippen molar-refractivity contribution in [3.8, 4) is 0 Å².